The van der Waals surface area contributed by atoms with Crippen LogP contribution in [0.2, 0.25) is 0 Å². The first-order chi connectivity index (χ1) is 17.8. The van der Waals surface area contributed by atoms with E-state index in [-0.39, 0.29) is 18.4 Å². The molecule has 7 heteroatoms. The van der Waals surface area contributed by atoms with Gasteiger partial charge in [-0.25, -0.2) is 4.68 Å². The Morgan fingerprint density at radius 1 is 1.16 bits per heavy atom. The number of carboxylic acids is 1. The Morgan fingerprint density at radius 2 is 1.97 bits per heavy atom. The van der Waals surface area contributed by atoms with Crippen LogP contribution >= 0.6 is 0 Å². The smallest absolute Gasteiger partial charge is 0.304 e. The summed E-state index contributed by atoms with van der Waals surface area (Å²) >= 11 is 0. The molecule has 7 nitrogen and oxygen atoms in total. The summed E-state index contributed by atoms with van der Waals surface area (Å²) in [6.45, 7) is 8.73. The van der Waals surface area contributed by atoms with Crippen molar-refractivity contribution in [2.45, 2.75) is 58.7 Å². The van der Waals surface area contributed by atoms with E-state index in [9.17, 15) is 9.90 Å². The lowest BCUT2D eigenvalue weighted by molar-refractivity contribution is -0.137. The topological polar surface area (TPSA) is 80.5 Å². The molecule has 0 fully saturated rings. The van der Waals surface area contributed by atoms with Crippen LogP contribution in [0.15, 0.2) is 54.6 Å². The number of hydrogen-bond acceptors (Lipinski definition) is 5. The van der Waals surface area contributed by atoms with E-state index >= 15 is 0 Å². The second kappa shape index (κ2) is 10.3. The summed E-state index contributed by atoms with van der Waals surface area (Å²) in [5.74, 6) is -0.128. The van der Waals surface area contributed by atoms with E-state index in [1.54, 1.807) is 4.68 Å². The molecule has 2 atom stereocenters. The number of aromatic nitrogens is 3. The van der Waals surface area contributed by atoms with Gasteiger partial charge in [0.2, 0.25) is 0 Å². The Bertz CT molecular complexity index is 1440. The fourth-order valence-electron chi connectivity index (χ4n) is 5.42. The maximum atomic E-state index is 12.0. The molecule has 1 aliphatic rings. The van der Waals surface area contributed by atoms with Gasteiger partial charge >= 0.3 is 5.97 Å². The van der Waals surface area contributed by atoms with Crippen LogP contribution in [0, 0.1) is 13.8 Å². The zero-order valence-corrected chi connectivity index (χ0v) is 21.9. The maximum absolute atomic E-state index is 12.0. The lowest BCUT2D eigenvalue weighted by atomic mass is 9.84. The normalized spacial score (nSPS) is 16.7. The number of carboxylic acid groups (broad SMARTS) is 1. The van der Waals surface area contributed by atoms with Crippen molar-refractivity contribution in [3.8, 4) is 5.75 Å². The highest BCUT2D eigenvalue weighted by atomic mass is 16.5. The molecule has 0 saturated carbocycles. The summed E-state index contributed by atoms with van der Waals surface area (Å²) in [5.41, 5.74) is 8.33. The predicted molar refractivity (Wildman–Crippen MR) is 144 cm³/mol. The van der Waals surface area contributed by atoms with E-state index in [4.69, 9.17) is 4.74 Å². The Hall–Kier alpha value is -3.71. The van der Waals surface area contributed by atoms with Gasteiger partial charge in [0, 0.05) is 38.2 Å². The largest absolute Gasteiger partial charge is 0.489 e. The van der Waals surface area contributed by atoms with Crippen molar-refractivity contribution in [3.63, 3.8) is 0 Å². The first-order valence-electron chi connectivity index (χ1n) is 12.9. The molecule has 0 saturated heterocycles. The summed E-state index contributed by atoms with van der Waals surface area (Å²) in [4.78, 5) is 14.4. The fourth-order valence-corrected chi connectivity index (χ4v) is 5.42. The van der Waals surface area contributed by atoms with Crippen LogP contribution in [-0.2, 0) is 24.9 Å². The quantitative estimate of drug-likeness (QED) is 0.369. The van der Waals surface area contributed by atoms with Crippen LogP contribution in [-0.4, -0.2) is 43.6 Å². The van der Waals surface area contributed by atoms with Crippen molar-refractivity contribution in [1.29, 1.82) is 0 Å². The fraction of sp³-hybridized carbons (Fsp3) is 0.367. The summed E-state index contributed by atoms with van der Waals surface area (Å²) < 4.78 is 8.04. The Labute approximate surface area is 217 Å². The molecule has 2 heterocycles. The molecule has 0 unspecified atom stereocenters. The minimum absolute atomic E-state index is 0.0119. The number of para-hydroxylation sites is 1. The van der Waals surface area contributed by atoms with E-state index in [1.807, 2.05) is 32.2 Å². The molecule has 5 rings (SSSR count). The molecular weight excluding hydrogens is 464 g/mol. The van der Waals surface area contributed by atoms with Gasteiger partial charge < -0.3 is 9.84 Å². The highest BCUT2D eigenvalue weighted by Gasteiger charge is 2.25. The van der Waals surface area contributed by atoms with Crippen LogP contribution in [0.3, 0.4) is 0 Å². The minimum Gasteiger partial charge on any atom is -0.489 e. The standard InChI is InChI=1S/C30H34N4O3/c1-5-24-18-34(16-22-8-6-7-9-28(22)37-24)17-23-14-21(11-10-19(23)2)26(15-29(35)36)25-12-13-27-30(20(25)3)31-32-33(27)4/h6-14,24,26H,5,15-18H2,1-4H3,(H,35,36)/t24-,26-/m1/s1. The van der Waals surface area contributed by atoms with Crippen molar-refractivity contribution in [1.82, 2.24) is 19.9 Å². The van der Waals surface area contributed by atoms with Gasteiger partial charge in [0.1, 0.15) is 17.4 Å². The monoisotopic (exact) mass is 498 g/mol. The third kappa shape index (κ3) is 5.09. The van der Waals surface area contributed by atoms with Crippen LogP contribution in [0.5, 0.6) is 5.75 Å². The summed E-state index contributed by atoms with van der Waals surface area (Å²) in [6.07, 6.45) is 1.08. The Kier molecular flexibility index (Phi) is 6.98. The van der Waals surface area contributed by atoms with Gasteiger partial charge in [-0.15, -0.1) is 5.10 Å². The second-order valence-electron chi connectivity index (χ2n) is 10.1. The molecule has 0 spiro atoms. The van der Waals surface area contributed by atoms with Crippen molar-refractivity contribution in [3.05, 3.63) is 88.0 Å². The molecule has 0 radical (unpaired) electrons. The summed E-state index contributed by atoms with van der Waals surface area (Å²) in [7, 11) is 1.87. The van der Waals surface area contributed by atoms with Gasteiger partial charge in [0.05, 0.1) is 11.9 Å². The van der Waals surface area contributed by atoms with Crippen molar-refractivity contribution in [2.75, 3.05) is 6.54 Å². The predicted octanol–water partition coefficient (Wildman–Crippen LogP) is 5.36. The highest BCUT2D eigenvalue weighted by molar-refractivity contribution is 5.80. The number of aliphatic carboxylic acids is 1. The van der Waals surface area contributed by atoms with Gasteiger partial charge in [-0.1, -0.05) is 54.6 Å². The number of carbonyl (C=O) groups is 1. The van der Waals surface area contributed by atoms with Crippen molar-refractivity contribution >= 4 is 17.0 Å². The molecule has 0 bridgehead atoms. The average Bonchev–Trinajstić information content (AvgIpc) is 3.16. The van der Waals surface area contributed by atoms with Crippen LogP contribution in [0.1, 0.15) is 59.1 Å². The molecular formula is C30H34N4O3. The summed E-state index contributed by atoms with van der Waals surface area (Å²) in [5, 5.41) is 18.3. The number of benzene rings is 3. The van der Waals surface area contributed by atoms with Crippen molar-refractivity contribution in [2.24, 2.45) is 7.05 Å². The molecule has 3 aromatic carbocycles. The van der Waals surface area contributed by atoms with Gasteiger partial charge in [-0.05, 0) is 60.2 Å². The SMILES string of the molecule is CC[C@@H]1CN(Cc2cc([C@@H](CC(=O)O)c3ccc4c(nnn4C)c3C)ccc2C)Cc2ccccc2O1. The Balaban J connectivity index is 1.50. The first kappa shape index (κ1) is 25.0. The second-order valence-corrected chi connectivity index (χ2v) is 10.1. The van der Waals surface area contributed by atoms with E-state index in [0.717, 1.165) is 59.5 Å². The number of hydrogen-bond donors (Lipinski definition) is 1. The van der Waals surface area contributed by atoms with Crippen LogP contribution in [0.4, 0.5) is 0 Å². The van der Waals surface area contributed by atoms with Crippen LogP contribution < -0.4 is 4.74 Å². The third-order valence-electron chi connectivity index (χ3n) is 7.58. The average molecular weight is 499 g/mol. The molecule has 37 heavy (non-hydrogen) atoms. The van der Waals surface area contributed by atoms with Gasteiger partial charge in [0.15, 0.2) is 0 Å². The lowest BCUT2D eigenvalue weighted by Crippen LogP contribution is -2.32. The lowest BCUT2D eigenvalue weighted by Gasteiger charge is -2.25. The number of nitrogens with zero attached hydrogens (tertiary/aromatic N) is 4. The number of fused-ring (bicyclic) bond motifs is 2. The van der Waals surface area contributed by atoms with Gasteiger partial charge in [-0.2, -0.15) is 0 Å². The Morgan fingerprint density at radius 3 is 2.76 bits per heavy atom. The number of ether oxygens (including phenoxy) is 1. The zero-order chi connectivity index (χ0) is 26.1. The minimum atomic E-state index is -0.821. The maximum Gasteiger partial charge on any atom is 0.304 e. The van der Waals surface area contributed by atoms with E-state index < -0.39 is 5.97 Å². The molecule has 4 aromatic rings. The highest BCUT2D eigenvalue weighted by Crippen LogP contribution is 2.35. The van der Waals surface area contributed by atoms with E-state index in [1.165, 1.54) is 16.7 Å². The van der Waals surface area contributed by atoms with Crippen LogP contribution in [0.25, 0.3) is 11.0 Å². The molecule has 0 aliphatic carbocycles. The summed E-state index contributed by atoms with van der Waals surface area (Å²) in [6, 6.07) is 18.7. The number of aryl methyl sites for hydroxylation is 3. The van der Waals surface area contributed by atoms with E-state index in [2.05, 4.69) is 65.5 Å². The van der Waals surface area contributed by atoms with Gasteiger partial charge in [-0.3, -0.25) is 9.69 Å². The first-order valence-corrected chi connectivity index (χ1v) is 12.9. The molecule has 1 aliphatic heterocycles. The molecule has 0 amide bonds. The molecule has 1 N–H and O–H groups in total. The number of rotatable bonds is 7. The third-order valence-corrected chi connectivity index (χ3v) is 7.58. The van der Waals surface area contributed by atoms with E-state index in [0.29, 0.717) is 0 Å². The zero-order valence-electron chi connectivity index (χ0n) is 21.9. The van der Waals surface area contributed by atoms with Crippen molar-refractivity contribution < 1.29 is 14.6 Å². The molecule has 1 aromatic heterocycles. The molecule has 192 valence electrons. The van der Waals surface area contributed by atoms with Gasteiger partial charge in [0.25, 0.3) is 0 Å².